The van der Waals surface area contributed by atoms with Crippen LogP contribution in [0.1, 0.15) is 20.3 Å². The molecule has 0 saturated heterocycles. The average Bonchev–Trinajstić information content (AvgIpc) is 1.82. The minimum Gasteiger partial charge on any atom is -0.461 e. The number of hydrogen-bond donors (Lipinski definition) is 1. The number of ether oxygens (including phenoxy) is 1. The zero-order valence-corrected chi connectivity index (χ0v) is 6.02. The van der Waals surface area contributed by atoms with Gasteiger partial charge < -0.3 is 10.5 Å². The van der Waals surface area contributed by atoms with E-state index >= 15 is 0 Å². The lowest BCUT2D eigenvalue weighted by atomic mass is 10.4. The topological polar surface area (TPSA) is 53.9 Å². The van der Waals surface area contributed by atoms with E-state index in [1.54, 1.807) is 6.92 Å². The lowest BCUT2D eigenvalue weighted by Gasteiger charge is -2.01. The van der Waals surface area contributed by atoms with Gasteiger partial charge in [-0.15, -0.1) is 0 Å². The van der Waals surface area contributed by atoms with Gasteiger partial charge in [0, 0.05) is 0 Å². The summed E-state index contributed by atoms with van der Waals surface area (Å²) in [5, 5.41) is 0. The van der Waals surface area contributed by atoms with Gasteiger partial charge >= 0.3 is 5.97 Å². The number of esters is 1. The number of hydrogen-bond acceptors (Lipinski definition) is 2. The van der Waals surface area contributed by atoms with Crippen LogP contribution >= 0.6 is 0 Å². The Morgan fingerprint density at radius 2 is 2.33 bits per heavy atom. The quantitative estimate of drug-likeness (QED) is 0.530. The first-order chi connectivity index (χ1) is 4.18. The molecule has 3 N–H and O–H groups in total. The van der Waals surface area contributed by atoms with E-state index in [1.165, 1.54) is 0 Å². The molecule has 54 valence electrons. The van der Waals surface area contributed by atoms with E-state index < -0.39 is 0 Å². The molecule has 0 radical (unpaired) electrons. The zero-order chi connectivity index (χ0) is 7.28. The molecule has 0 aromatic rings. The summed E-state index contributed by atoms with van der Waals surface area (Å²) < 4.78 is 4.75. The predicted octanol–water partition coefficient (Wildman–Crippen LogP) is -0.430. The van der Waals surface area contributed by atoms with Crippen LogP contribution < -0.4 is 5.73 Å². The minimum atomic E-state index is -0.239. The standard InChI is InChI=1S/C6H13NO2/c1-3-4-9-6(8)5(2)7/h5H,3-4,7H2,1-2H3/p+1. The van der Waals surface area contributed by atoms with Crippen LogP contribution in [0.4, 0.5) is 0 Å². The highest BCUT2D eigenvalue weighted by molar-refractivity contribution is 5.73. The Morgan fingerprint density at radius 1 is 1.78 bits per heavy atom. The molecule has 3 heteroatoms. The van der Waals surface area contributed by atoms with E-state index in [-0.39, 0.29) is 12.0 Å². The SMILES string of the molecule is CCCOC(=O)C(C)[NH3+]. The van der Waals surface area contributed by atoms with Gasteiger partial charge in [0.1, 0.15) is 0 Å². The van der Waals surface area contributed by atoms with Gasteiger partial charge in [0.05, 0.1) is 6.61 Å². The van der Waals surface area contributed by atoms with E-state index in [9.17, 15) is 4.79 Å². The normalized spacial score (nSPS) is 12.8. The largest absolute Gasteiger partial charge is 0.461 e. The fourth-order valence-electron chi connectivity index (χ4n) is 0.345. The molecule has 9 heavy (non-hydrogen) atoms. The van der Waals surface area contributed by atoms with Crippen LogP contribution in [0.25, 0.3) is 0 Å². The first-order valence-corrected chi connectivity index (χ1v) is 3.18. The lowest BCUT2D eigenvalue weighted by molar-refractivity contribution is -0.402. The molecule has 0 bridgehead atoms. The second-order valence-electron chi connectivity index (χ2n) is 2.07. The number of carbonyl (C=O) groups is 1. The molecule has 0 aromatic heterocycles. The van der Waals surface area contributed by atoms with Gasteiger partial charge in [-0.1, -0.05) is 6.92 Å². The van der Waals surface area contributed by atoms with Crippen molar-refractivity contribution < 1.29 is 15.3 Å². The summed E-state index contributed by atoms with van der Waals surface area (Å²) in [4.78, 5) is 10.6. The monoisotopic (exact) mass is 132 g/mol. The number of carbonyl (C=O) groups excluding carboxylic acids is 1. The molecular formula is C6H14NO2+. The van der Waals surface area contributed by atoms with Crippen LogP contribution in [-0.4, -0.2) is 18.6 Å². The predicted molar refractivity (Wildman–Crippen MR) is 33.6 cm³/mol. The highest BCUT2D eigenvalue weighted by Gasteiger charge is 2.10. The van der Waals surface area contributed by atoms with Gasteiger partial charge in [0.2, 0.25) is 0 Å². The highest BCUT2D eigenvalue weighted by atomic mass is 16.5. The summed E-state index contributed by atoms with van der Waals surface area (Å²) in [7, 11) is 0. The molecule has 0 heterocycles. The van der Waals surface area contributed by atoms with E-state index in [0.29, 0.717) is 6.61 Å². The third-order valence-electron chi connectivity index (χ3n) is 0.851. The molecule has 0 fully saturated rings. The highest BCUT2D eigenvalue weighted by Crippen LogP contribution is 1.83. The molecule has 0 aliphatic carbocycles. The smallest absolute Gasteiger partial charge is 0.364 e. The molecule has 1 atom stereocenters. The Kier molecular flexibility index (Phi) is 4.05. The summed E-state index contributed by atoms with van der Waals surface area (Å²) in [5.41, 5.74) is 3.52. The van der Waals surface area contributed by atoms with Crippen molar-refractivity contribution >= 4 is 5.97 Å². The summed E-state index contributed by atoms with van der Waals surface area (Å²) in [6, 6.07) is -0.239. The molecular weight excluding hydrogens is 118 g/mol. The van der Waals surface area contributed by atoms with Gasteiger partial charge in [-0.2, -0.15) is 0 Å². The maximum Gasteiger partial charge on any atom is 0.364 e. The van der Waals surface area contributed by atoms with Crippen molar-refractivity contribution in [1.82, 2.24) is 0 Å². The summed E-state index contributed by atoms with van der Waals surface area (Å²) in [5.74, 6) is -0.211. The van der Waals surface area contributed by atoms with Crippen molar-refractivity contribution in [2.45, 2.75) is 26.3 Å². The second-order valence-corrected chi connectivity index (χ2v) is 2.07. The van der Waals surface area contributed by atoms with E-state index in [0.717, 1.165) is 6.42 Å². The van der Waals surface area contributed by atoms with Crippen molar-refractivity contribution in [2.24, 2.45) is 0 Å². The third kappa shape index (κ3) is 3.97. The molecule has 1 unspecified atom stereocenters. The van der Waals surface area contributed by atoms with Crippen LogP contribution in [0.3, 0.4) is 0 Å². The minimum absolute atomic E-state index is 0.211. The van der Waals surface area contributed by atoms with E-state index in [1.807, 2.05) is 6.92 Å². The fraction of sp³-hybridized carbons (Fsp3) is 0.833. The Bertz CT molecular complexity index is 91.1. The van der Waals surface area contributed by atoms with Crippen molar-refractivity contribution in [3.8, 4) is 0 Å². The fourth-order valence-corrected chi connectivity index (χ4v) is 0.345. The average molecular weight is 132 g/mol. The Morgan fingerprint density at radius 3 is 2.67 bits per heavy atom. The van der Waals surface area contributed by atoms with Crippen LogP contribution in [0.15, 0.2) is 0 Å². The summed E-state index contributed by atoms with van der Waals surface area (Å²) in [6.07, 6.45) is 0.873. The zero-order valence-electron chi connectivity index (χ0n) is 6.02. The van der Waals surface area contributed by atoms with Crippen LogP contribution in [0, 0.1) is 0 Å². The van der Waals surface area contributed by atoms with Crippen LogP contribution in [0.5, 0.6) is 0 Å². The van der Waals surface area contributed by atoms with Crippen molar-refractivity contribution in [3.63, 3.8) is 0 Å². The maximum atomic E-state index is 10.6. The molecule has 0 saturated carbocycles. The molecule has 0 amide bonds. The molecule has 0 aliphatic heterocycles. The molecule has 0 aromatic carbocycles. The molecule has 0 spiro atoms. The lowest BCUT2D eigenvalue weighted by Crippen LogP contribution is -2.63. The van der Waals surface area contributed by atoms with Crippen molar-refractivity contribution in [3.05, 3.63) is 0 Å². The number of quaternary nitrogens is 1. The maximum absolute atomic E-state index is 10.6. The Hall–Kier alpha value is -0.570. The summed E-state index contributed by atoms with van der Waals surface area (Å²) in [6.45, 7) is 4.19. The van der Waals surface area contributed by atoms with Crippen molar-refractivity contribution in [2.75, 3.05) is 6.61 Å². The Labute approximate surface area is 55.2 Å². The molecule has 0 aliphatic rings. The first-order valence-electron chi connectivity index (χ1n) is 3.18. The van der Waals surface area contributed by atoms with Crippen LogP contribution in [0.2, 0.25) is 0 Å². The van der Waals surface area contributed by atoms with E-state index in [4.69, 9.17) is 4.74 Å². The van der Waals surface area contributed by atoms with Crippen molar-refractivity contribution in [1.29, 1.82) is 0 Å². The van der Waals surface area contributed by atoms with Gasteiger partial charge in [-0.05, 0) is 13.3 Å². The first kappa shape index (κ1) is 8.43. The molecule has 3 nitrogen and oxygen atoms in total. The van der Waals surface area contributed by atoms with Gasteiger partial charge in [-0.25, -0.2) is 4.79 Å². The number of rotatable bonds is 3. The third-order valence-corrected chi connectivity index (χ3v) is 0.851. The van der Waals surface area contributed by atoms with Gasteiger partial charge in [0.25, 0.3) is 0 Å². The second kappa shape index (κ2) is 4.32. The van der Waals surface area contributed by atoms with Gasteiger partial charge in [0.15, 0.2) is 6.04 Å². The molecule has 0 rings (SSSR count). The van der Waals surface area contributed by atoms with E-state index in [2.05, 4.69) is 5.73 Å². The van der Waals surface area contributed by atoms with Crippen LogP contribution in [-0.2, 0) is 9.53 Å². The Balaban J connectivity index is 3.28. The summed E-state index contributed by atoms with van der Waals surface area (Å²) >= 11 is 0. The van der Waals surface area contributed by atoms with Gasteiger partial charge in [-0.3, -0.25) is 0 Å².